The maximum atomic E-state index is 3.41. The van der Waals surface area contributed by atoms with E-state index < -0.39 is 0 Å². The van der Waals surface area contributed by atoms with Gasteiger partial charge in [-0.25, -0.2) is 0 Å². The minimum absolute atomic E-state index is 1.23. The summed E-state index contributed by atoms with van der Waals surface area (Å²) in [6.07, 6.45) is 24.5. The molecule has 0 aliphatic carbocycles. The van der Waals surface area contributed by atoms with Crippen LogP contribution in [0.2, 0.25) is 0 Å². The Hall–Kier alpha value is 0.0869. The maximum Gasteiger partial charge on any atom is 0.0248 e. The van der Waals surface area contributed by atoms with E-state index in [9.17, 15) is 0 Å². The van der Waals surface area contributed by atoms with Gasteiger partial charge in [0, 0.05) is 9.85 Å². The summed E-state index contributed by atoms with van der Waals surface area (Å²) in [4.78, 5) is 0. The fraction of sp³-hybridized carbons (Fsp3) is 0.947. The minimum Gasteiger partial charge on any atom is -0.103 e. The van der Waals surface area contributed by atoms with Gasteiger partial charge in [0.25, 0.3) is 0 Å². The van der Waals surface area contributed by atoms with Gasteiger partial charge in [0.2, 0.25) is 0 Å². The van der Waals surface area contributed by atoms with E-state index in [4.69, 9.17) is 0 Å². The van der Waals surface area contributed by atoms with Crippen LogP contribution in [0.1, 0.15) is 116 Å². The molecule has 2 radical (unpaired) electrons. The van der Waals surface area contributed by atoms with Gasteiger partial charge >= 0.3 is 0 Å². The monoisotopic (exact) mass is 294 g/mol. The van der Waals surface area contributed by atoms with E-state index in [-0.39, 0.29) is 0 Å². The van der Waals surface area contributed by atoms with Gasteiger partial charge in [0.1, 0.15) is 0 Å². The lowest BCUT2D eigenvalue weighted by molar-refractivity contribution is 0.530. The van der Waals surface area contributed by atoms with Crippen LogP contribution in [0.3, 0.4) is 0 Å². The Balaban J connectivity index is 2.90. The molecule has 0 saturated heterocycles. The molecule has 0 aromatic rings. The first kappa shape index (κ1) is 20.1. The van der Waals surface area contributed by atoms with Crippen molar-refractivity contribution in [3.63, 3.8) is 0 Å². The van der Waals surface area contributed by atoms with Crippen molar-refractivity contribution >= 4 is 15.5 Å². The first-order chi connectivity index (χ1) is 9.91. The highest BCUT2D eigenvalue weighted by atomic mass is 28.1. The second-order valence-electron chi connectivity index (χ2n) is 6.30. The number of rotatable bonds is 17. The van der Waals surface area contributed by atoms with Gasteiger partial charge in [0.15, 0.2) is 0 Å². The first-order valence-electron chi connectivity index (χ1n) is 9.40. The summed E-state index contributed by atoms with van der Waals surface area (Å²) in [5, 5.41) is 0. The number of hydrogen-bond acceptors (Lipinski definition) is 0. The molecular formula is C19H38Si. The maximum absolute atomic E-state index is 3.41. The predicted octanol–water partition coefficient (Wildman–Crippen LogP) is 6.61. The summed E-state index contributed by atoms with van der Waals surface area (Å²) in [5.41, 5.74) is 2.10. The molecule has 0 rings (SSSR count). The summed E-state index contributed by atoms with van der Waals surface area (Å²) >= 11 is 0. The van der Waals surface area contributed by atoms with Gasteiger partial charge in [0.05, 0.1) is 0 Å². The van der Waals surface area contributed by atoms with Gasteiger partial charge in [-0.05, 0) is 6.42 Å². The molecule has 1 heteroatoms. The summed E-state index contributed by atoms with van der Waals surface area (Å²) < 4.78 is 0. The third-order valence-corrected chi connectivity index (χ3v) is 4.49. The van der Waals surface area contributed by atoms with Crippen LogP contribution in [0, 0.1) is 0 Å². The Morgan fingerprint density at radius 2 is 0.800 bits per heavy atom. The van der Waals surface area contributed by atoms with E-state index in [0.29, 0.717) is 0 Å². The summed E-state index contributed by atoms with van der Waals surface area (Å²) in [7, 11) is 3.41. The van der Waals surface area contributed by atoms with E-state index in [0.717, 1.165) is 0 Å². The highest BCUT2D eigenvalue weighted by Crippen LogP contribution is 2.13. The molecule has 20 heavy (non-hydrogen) atoms. The van der Waals surface area contributed by atoms with E-state index in [2.05, 4.69) is 22.5 Å². The highest BCUT2D eigenvalue weighted by Gasteiger charge is 1.94. The molecule has 118 valence electrons. The van der Waals surface area contributed by atoms with Crippen molar-refractivity contribution in [3.05, 3.63) is 0 Å². The van der Waals surface area contributed by atoms with E-state index >= 15 is 0 Å². The van der Waals surface area contributed by atoms with Crippen molar-refractivity contribution in [2.45, 2.75) is 116 Å². The Kier molecular flexibility index (Phi) is 19.2. The zero-order chi connectivity index (χ0) is 14.7. The molecule has 0 bridgehead atoms. The Bertz CT molecular complexity index is 177. The lowest BCUT2D eigenvalue weighted by Gasteiger charge is -2.03. The van der Waals surface area contributed by atoms with Crippen molar-refractivity contribution in [2.75, 3.05) is 0 Å². The van der Waals surface area contributed by atoms with E-state index in [1.165, 1.54) is 109 Å². The Morgan fingerprint density at radius 1 is 0.500 bits per heavy atom. The third kappa shape index (κ3) is 18.1. The molecule has 0 heterocycles. The average molecular weight is 295 g/mol. The summed E-state index contributed by atoms with van der Waals surface area (Å²) in [5.74, 6) is 0. The van der Waals surface area contributed by atoms with Crippen molar-refractivity contribution in [1.29, 1.82) is 0 Å². The normalized spacial score (nSPS) is 10.8. The molecule has 0 unspecified atom stereocenters. The predicted molar refractivity (Wildman–Crippen MR) is 96.0 cm³/mol. The van der Waals surface area contributed by atoms with Crippen LogP contribution >= 0.6 is 0 Å². The van der Waals surface area contributed by atoms with Crippen LogP contribution in [-0.2, 0) is 0 Å². The molecule has 0 aliphatic rings. The molecule has 0 spiro atoms. The zero-order valence-electron chi connectivity index (χ0n) is 14.1. The van der Waals surface area contributed by atoms with Gasteiger partial charge in [-0.15, -0.1) is 5.67 Å². The second kappa shape index (κ2) is 19.1. The van der Waals surface area contributed by atoms with Crippen LogP contribution in [-0.4, -0.2) is 15.5 Å². The van der Waals surface area contributed by atoms with E-state index in [1.807, 2.05) is 0 Å². The summed E-state index contributed by atoms with van der Waals surface area (Å²) in [6, 6.07) is 0. The average Bonchev–Trinajstić information content (AvgIpc) is 2.47. The quantitative estimate of drug-likeness (QED) is 0.209. The van der Waals surface area contributed by atoms with Crippen molar-refractivity contribution in [1.82, 2.24) is 0 Å². The number of hydrogen-bond donors (Lipinski definition) is 0. The largest absolute Gasteiger partial charge is 0.103 e. The summed E-state index contributed by atoms with van der Waals surface area (Å²) in [6.45, 7) is 2.29. The zero-order valence-corrected chi connectivity index (χ0v) is 15.1. The lowest BCUT2D eigenvalue weighted by Crippen LogP contribution is -1.84. The molecule has 0 atom stereocenters. The molecule has 0 nitrogen and oxygen atoms in total. The van der Waals surface area contributed by atoms with Gasteiger partial charge in [-0.1, -0.05) is 110 Å². The smallest absolute Gasteiger partial charge is 0.0248 e. The minimum atomic E-state index is 1.23. The molecule has 0 saturated carbocycles. The van der Waals surface area contributed by atoms with Gasteiger partial charge in [-0.2, -0.15) is 0 Å². The molecule has 0 N–H and O–H groups in total. The Labute approximate surface area is 132 Å². The molecular weight excluding hydrogens is 256 g/mol. The Morgan fingerprint density at radius 3 is 1.10 bits per heavy atom. The van der Waals surface area contributed by atoms with Crippen molar-refractivity contribution < 1.29 is 0 Å². The fourth-order valence-corrected chi connectivity index (χ4v) is 3.00. The van der Waals surface area contributed by atoms with Crippen molar-refractivity contribution in [3.8, 4) is 0 Å². The molecule has 0 aromatic heterocycles. The molecule has 0 aliphatic heterocycles. The van der Waals surface area contributed by atoms with Crippen molar-refractivity contribution in [2.24, 2.45) is 0 Å². The molecule has 0 fully saturated rings. The second-order valence-corrected chi connectivity index (χ2v) is 6.70. The molecule has 0 amide bonds. The van der Waals surface area contributed by atoms with E-state index in [1.54, 1.807) is 0 Å². The van der Waals surface area contributed by atoms with Gasteiger partial charge < -0.3 is 0 Å². The van der Waals surface area contributed by atoms with Gasteiger partial charge in [-0.3, -0.25) is 0 Å². The highest BCUT2D eigenvalue weighted by molar-refractivity contribution is 6.27. The lowest BCUT2D eigenvalue weighted by atomic mass is 10.0. The number of unbranched alkanes of at least 4 members (excludes halogenated alkanes) is 16. The fourth-order valence-electron chi connectivity index (χ4n) is 2.79. The third-order valence-electron chi connectivity index (χ3n) is 4.20. The van der Waals surface area contributed by atoms with Crippen LogP contribution in [0.4, 0.5) is 0 Å². The standard InChI is InChI=1S/C19H38Si/c1-2-3-4-5-6-7-8-9-10-11-12-13-14-15-16-17-18-19-20/h19H,2-18H2,1H3. The topological polar surface area (TPSA) is 0 Å². The van der Waals surface area contributed by atoms with Crippen LogP contribution in [0.25, 0.3) is 0 Å². The first-order valence-corrected chi connectivity index (χ1v) is 9.98. The molecule has 0 aromatic carbocycles. The van der Waals surface area contributed by atoms with Crippen LogP contribution < -0.4 is 0 Å². The van der Waals surface area contributed by atoms with Crippen LogP contribution in [0.15, 0.2) is 0 Å². The van der Waals surface area contributed by atoms with Crippen LogP contribution in [0.5, 0.6) is 0 Å². The SMILES string of the molecule is CCCCCCCCCCCCCCCCCCC=[Si].